The van der Waals surface area contributed by atoms with Crippen LogP contribution in [0, 0.1) is 6.42 Å². The molecule has 0 spiro atoms. The third-order valence-electron chi connectivity index (χ3n) is 1.07. The summed E-state index contributed by atoms with van der Waals surface area (Å²) >= 11 is 1.48. The Morgan fingerprint density at radius 2 is 2.25 bits per heavy atom. The van der Waals surface area contributed by atoms with Crippen molar-refractivity contribution in [2.45, 2.75) is 0 Å². The summed E-state index contributed by atoms with van der Waals surface area (Å²) < 4.78 is 28.9. The molecule has 0 saturated carbocycles. The molecule has 1 aromatic rings. The van der Waals surface area contributed by atoms with E-state index in [2.05, 4.69) is 0 Å². The fourth-order valence-electron chi connectivity index (χ4n) is 0.593. The Kier molecular flexibility index (Phi) is 5.64. The molecule has 0 atom stereocenters. The molecule has 0 unspecified atom stereocenters. The molecule has 1 N–H and O–H groups in total. The van der Waals surface area contributed by atoms with E-state index in [4.69, 9.17) is 4.55 Å². The zero-order chi connectivity index (χ0) is 8.32. The van der Waals surface area contributed by atoms with E-state index in [1.54, 1.807) is 6.07 Å². The van der Waals surface area contributed by atoms with Crippen LogP contribution < -0.4 is 0 Å². The van der Waals surface area contributed by atoms with Crippen molar-refractivity contribution in [2.24, 2.45) is 0 Å². The molecule has 1 rings (SSSR count). The molecule has 0 aliphatic carbocycles. The fraction of sp³-hybridized carbons (Fsp3) is 0.167. The van der Waals surface area contributed by atoms with Crippen molar-refractivity contribution in [3.8, 4) is 0 Å². The Hall–Kier alpha value is 0.610. The van der Waals surface area contributed by atoms with Crippen LogP contribution in [0.5, 0.6) is 0 Å². The summed E-state index contributed by atoms with van der Waals surface area (Å²) in [5.41, 5.74) is 0.827. The second-order valence-electron chi connectivity index (χ2n) is 2.01. The van der Waals surface area contributed by atoms with Gasteiger partial charge in [-0.05, 0) is 22.4 Å². The van der Waals surface area contributed by atoms with Gasteiger partial charge in [0.2, 0.25) is 0 Å². The van der Waals surface area contributed by atoms with Gasteiger partial charge in [-0.25, -0.2) is 0 Å². The van der Waals surface area contributed by atoms with Gasteiger partial charge in [-0.2, -0.15) is 19.8 Å². The first-order chi connectivity index (χ1) is 5.08. The van der Waals surface area contributed by atoms with Crippen LogP contribution in [0.15, 0.2) is 16.8 Å². The topological polar surface area (TPSA) is 54.4 Å². The third-order valence-corrected chi connectivity index (χ3v) is 2.36. The molecule has 1 aromatic heterocycles. The van der Waals surface area contributed by atoms with Crippen LogP contribution in [0.3, 0.4) is 0 Å². The average Bonchev–Trinajstić information content (AvgIpc) is 2.32. The molecule has 0 aliphatic heterocycles. The molecule has 0 amide bonds. The monoisotopic (exact) mass is 215 g/mol. The minimum absolute atomic E-state index is 0. The van der Waals surface area contributed by atoms with Crippen molar-refractivity contribution < 1.29 is 13.0 Å². The van der Waals surface area contributed by atoms with E-state index in [-0.39, 0.29) is 35.3 Å². The predicted molar refractivity (Wildman–Crippen MR) is 51.3 cm³/mol. The Bertz CT molecular complexity index is 304. The molecule has 63 valence electrons. The molecule has 1 radical (unpaired) electrons. The summed E-state index contributed by atoms with van der Waals surface area (Å²) in [5, 5.41) is 3.65. The summed E-state index contributed by atoms with van der Waals surface area (Å²) in [6.45, 7) is 0. The fourth-order valence-corrected chi connectivity index (χ4v) is 1.64. The van der Waals surface area contributed by atoms with Crippen molar-refractivity contribution in [3.05, 3.63) is 28.8 Å². The van der Waals surface area contributed by atoms with Gasteiger partial charge in [0.05, 0.1) is 5.75 Å². The maximum atomic E-state index is 10.3. The third kappa shape index (κ3) is 5.29. The first-order valence-corrected chi connectivity index (χ1v) is 5.44. The normalized spacial score (nSPS) is 10.8. The zero-order valence-electron chi connectivity index (χ0n) is 5.60. The summed E-state index contributed by atoms with van der Waals surface area (Å²) in [5.74, 6) is -0.316. The number of hydrogen-bond donors (Lipinski definition) is 1. The molecule has 1 heterocycles. The maximum absolute atomic E-state index is 10.3. The van der Waals surface area contributed by atoms with Gasteiger partial charge in [-0.3, -0.25) is 4.55 Å². The van der Waals surface area contributed by atoms with Crippen molar-refractivity contribution in [1.82, 2.24) is 0 Å². The quantitative estimate of drug-likeness (QED) is 0.591. The van der Waals surface area contributed by atoms with E-state index >= 15 is 0 Å². The van der Waals surface area contributed by atoms with Crippen molar-refractivity contribution in [3.63, 3.8) is 0 Å². The van der Waals surface area contributed by atoms with Gasteiger partial charge in [-0.1, -0.05) is 0 Å². The number of hydrogen-bond acceptors (Lipinski definition) is 3. The molecular formula is C6H8NaO3S2. The first-order valence-electron chi connectivity index (χ1n) is 2.88. The van der Waals surface area contributed by atoms with E-state index in [0.29, 0.717) is 0 Å². The molecule has 0 fully saturated rings. The van der Waals surface area contributed by atoms with E-state index in [9.17, 15) is 8.42 Å². The van der Waals surface area contributed by atoms with Crippen molar-refractivity contribution >= 4 is 51.0 Å². The molecular weight excluding hydrogens is 207 g/mol. The van der Waals surface area contributed by atoms with E-state index < -0.39 is 10.1 Å². The van der Waals surface area contributed by atoms with Gasteiger partial charge in [0.1, 0.15) is 0 Å². The summed E-state index contributed by atoms with van der Waals surface area (Å²) in [7, 11) is -3.85. The Labute approximate surface area is 97.8 Å². The molecule has 0 bridgehead atoms. The second-order valence-corrected chi connectivity index (χ2v) is 4.29. The van der Waals surface area contributed by atoms with Crippen LogP contribution in [0.1, 0.15) is 5.56 Å². The van der Waals surface area contributed by atoms with Gasteiger partial charge in [0.25, 0.3) is 10.1 Å². The van der Waals surface area contributed by atoms with E-state index in [1.165, 1.54) is 17.8 Å². The minimum atomic E-state index is -3.85. The summed E-state index contributed by atoms with van der Waals surface area (Å²) in [6.07, 6.45) is 1.46. The SMILES string of the molecule is O=S(=O)(O)C[CH]c1ccsc1.[NaH]. The van der Waals surface area contributed by atoms with E-state index in [1.807, 2.05) is 10.8 Å². The average molecular weight is 215 g/mol. The summed E-state index contributed by atoms with van der Waals surface area (Å²) in [4.78, 5) is 0. The standard InChI is InChI=1S/C6H7O3S2.Na.H/c7-11(8,9)4-2-6-1-3-10-5-6;;/h1-3,5H,4H2,(H,7,8,9);;. The Morgan fingerprint density at radius 1 is 1.58 bits per heavy atom. The van der Waals surface area contributed by atoms with Crippen LogP contribution in [-0.4, -0.2) is 48.3 Å². The van der Waals surface area contributed by atoms with Crippen LogP contribution in [0.4, 0.5) is 0 Å². The predicted octanol–water partition coefficient (Wildman–Crippen LogP) is 0.540. The van der Waals surface area contributed by atoms with Crippen LogP contribution in [-0.2, 0) is 10.1 Å². The van der Waals surface area contributed by atoms with Gasteiger partial charge in [0.15, 0.2) is 0 Å². The molecule has 6 heteroatoms. The van der Waals surface area contributed by atoms with Crippen molar-refractivity contribution in [1.29, 1.82) is 0 Å². The summed E-state index contributed by atoms with van der Waals surface area (Å²) in [6, 6.07) is 1.79. The van der Waals surface area contributed by atoms with Crippen LogP contribution in [0.25, 0.3) is 0 Å². The first kappa shape index (κ1) is 12.6. The van der Waals surface area contributed by atoms with E-state index in [0.717, 1.165) is 5.56 Å². The van der Waals surface area contributed by atoms with Gasteiger partial charge >= 0.3 is 29.6 Å². The van der Waals surface area contributed by atoms with Gasteiger partial charge in [-0.15, -0.1) is 0 Å². The zero-order valence-corrected chi connectivity index (χ0v) is 7.23. The Morgan fingerprint density at radius 3 is 2.67 bits per heavy atom. The second kappa shape index (κ2) is 5.36. The molecule has 3 nitrogen and oxygen atoms in total. The van der Waals surface area contributed by atoms with Gasteiger partial charge < -0.3 is 0 Å². The van der Waals surface area contributed by atoms with Crippen molar-refractivity contribution in [2.75, 3.05) is 5.75 Å². The van der Waals surface area contributed by atoms with Crippen LogP contribution in [0.2, 0.25) is 0 Å². The molecule has 0 aromatic carbocycles. The number of thiophene rings is 1. The van der Waals surface area contributed by atoms with Crippen LogP contribution >= 0.6 is 11.3 Å². The molecule has 0 saturated heterocycles. The molecule has 12 heavy (non-hydrogen) atoms. The van der Waals surface area contributed by atoms with Gasteiger partial charge in [0, 0.05) is 6.42 Å². The molecule has 0 aliphatic rings. The number of rotatable bonds is 3. The Balaban J connectivity index is 0.00000121.